The maximum Gasteiger partial charge on any atom is 0.371 e. The summed E-state index contributed by atoms with van der Waals surface area (Å²) < 4.78 is 28.4. The number of tetrazole rings is 1. The smallest absolute Gasteiger partial charge is 0.371 e. The molecule has 1 N–H and O–H groups in total. The van der Waals surface area contributed by atoms with Crippen molar-refractivity contribution in [1.82, 2.24) is 20.2 Å². The van der Waals surface area contributed by atoms with Gasteiger partial charge in [0.25, 0.3) is 0 Å². The Hall–Kier alpha value is -2.23. The lowest BCUT2D eigenvalue weighted by Gasteiger charge is -1.96. The van der Waals surface area contributed by atoms with E-state index in [2.05, 4.69) is 15.4 Å². The monoisotopic (exact) mass is 272 g/mol. The lowest BCUT2D eigenvalue weighted by atomic mass is 10.5. The Morgan fingerprint density at radius 3 is 2.72 bits per heavy atom. The third-order valence-corrected chi connectivity index (χ3v) is 3.44. The summed E-state index contributed by atoms with van der Waals surface area (Å²) in [4.78, 5) is 11.7. The molecule has 0 aliphatic heterocycles. The Morgan fingerprint density at radius 2 is 2.22 bits per heavy atom. The maximum absolute atomic E-state index is 11.8. The second-order valence-electron chi connectivity index (χ2n) is 3.38. The summed E-state index contributed by atoms with van der Waals surface area (Å²) in [6, 6.07) is 2.15. The summed E-state index contributed by atoms with van der Waals surface area (Å²) in [5, 5.41) is 18.9. The molecule has 18 heavy (non-hydrogen) atoms. The second kappa shape index (κ2) is 4.22. The fraction of sp³-hybridized carbons (Fsp3) is 0.250. The van der Waals surface area contributed by atoms with Crippen LogP contribution in [0.3, 0.4) is 0 Å². The van der Waals surface area contributed by atoms with Crippen LogP contribution in [0.5, 0.6) is 0 Å². The Kier molecular flexibility index (Phi) is 2.87. The molecule has 0 aromatic carbocycles. The van der Waals surface area contributed by atoms with Crippen molar-refractivity contribution in [3.8, 4) is 0 Å². The van der Waals surface area contributed by atoms with Gasteiger partial charge in [0.1, 0.15) is 5.75 Å². The van der Waals surface area contributed by atoms with Crippen molar-refractivity contribution < 1.29 is 22.7 Å². The zero-order valence-electron chi connectivity index (χ0n) is 9.14. The summed E-state index contributed by atoms with van der Waals surface area (Å²) in [5.41, 5.74) is 0. The molecule has 2 rings (SSSR count). The number of sulfone groups is 1. The molecule has 2 aromatic heterocycles. The number of carboxylic acid groups (broad SMARTS) is 1. The highest BCUT2D eigenvalue weighted by molar-refractivity contribution is 7.90. The number of hydrogen-bond acceptors (Lipinski definition) is 7. The van der Waals surface area contributed by atoms with Crippen LogP contribution in [-0.4, -0.2) is 39.7 Å². The first-order valence-corrected chi connectivity index (χ1v) is 6.32. The number of carboxylic acids is 1. The van der Waals surface area contributed by atoms with Crippen molar-refractivity contribution in [2.24, 2.45) is 7.05 Å². The Labute approximate surface area is 101 Å². The van der Waals surface area contributed by atoms with Gasteiger partial charge in [-0.3, -0.25) is 0 Å². The predicted molar refractivity (Wildman–Crippen MR) is 55.4 cm³/mol. The molecule has 0 saturated heterocycles. The van der Waals surface area contributed by atoms with Crippen LogP contribution in [0.2, 0.25) is 0 Å². The van der Waals surface area contributed by atoms with E-state index in [1.54, 1.807) is 0 Å². The van der Waals surface area contributed by atoms with E-state index < -0.39 is 32.4 Å². The molecule has 0 saturated carbocycles. The fourth-order valence-electron chi connectivity index (χ4n) is 1.22. The first-order chi connectivity index (χ1) is 8.38. The van der Waals surface area contributed by atoms with Gasteiger partial charge in [-0.25, -0.2) is 13.2 Å². The molecule has 10 heteroatoms. The fourth-order valence-corrected chi connectivity index (χ4v) is 2.31. The Bertz CT molecular complexity index is 686. The van der Waals surface area contributed by atoms with E-state index in [4.69, 9.17) is 9.52 Å². The molecular weight excluding hydrogens is 264 g/mol. The van der Waals surface area contributed by atoms with Crippen molar-refractivity contribution in [3.05, 3.63) is 23.7 Å². The molecule has 0 atom stereocenters. The van der Waals surface area contributed by atoms with Gasteiger partial charge in [-0.05, 0) is 17.3 Å². The largest absolute Gasteiger partial charge is 0.475 e. The predicted octanol–water partition coefficient (Wildman–Crippen LogP) is -0.525. The maximum atomic E-state index is 11.8. The SMILES string of the molecule is Cn1nnc(CS(=O)(=O)c2ccc(C(=O)O)o2)n1. The third-order valence-electron chi connectivity index (χ3n) is 1.97. The second-order valence-corrected chi connectivity index (χ2v) is 5.30. The molecule has 0 radical (unpaired) electrons. The number of aromatic carboxylic acids is 1. The minimum Gasteiger partial charge on any atom is -0.475 e. The summed E-state index contributed by atoms with van der Waals surface area (Å²) in [7, 11) is -2.32. The molecule has 96 valence electrons. The van der Waals surface area contributed by atoms with Crippen LogP contribution in [0.25, 0.3) is 0 Å². The van der Waals surface area contributed by atoms with Crippen LogP contribution < -0.4 is 0 Å². The number of aromatic nitrogens is 4. The average Bonchev–Trinajstić information content (AvgIpc) is 2.86. The lowest BCUT2D eigenvalue weighted by molar-refractivity contribution is 0.0656. The van der Waals surface area contributed by atoms with Gasteiger partial charge in [0.2, 0.25) is 20.7 Å². The average molecular weight is 272 g/mol. The molecule has 0 fully saturated rings. The lowest BCUT2D eigenvalue weighted by Crippen LogP contribution is -2.06. The first-order valence-electron chi connectivity index (χ1n) is 4.67. The van der Waals surface area contributed by atoms with Crippen molar-refractivity contribution in [1.29, 1.82) is 0 Å². The summed E-state index contributed by atoms with van der Waals surface area (Å²) in [5.74, 6) is -2.28. The molecule has 0 spiro atoms. The van der Waals surface area contributed by atoms with Crippen LogP contribution in [0.4, 0.5) is 0 Å². The Balaban J connectivity index is 2.27. The molecule has 0 aliphatic carbocycles. The summed E-state index contributed by atoms with van der Waals surface area (Å²) >= 11 is 0. The van der Waals surface area contributed by atoms with Crippen molar-refractivity contribution in [2.75, 3.05) is 0 Å². The quantitative estimate of drug-likeness (QED) is 0.786. The number of hydrogen-bond donors (Lipinski definition) is 1. The van der Waals surface area contributed by atoms with Gasteiger partial charge in [0.15, 0.2) is 5.82 Å². The van der Waals surface area contributed by atoms with E-state index in [0.717, 1.165) is 16.9 Å². The zero-order chi connectivity index (χ0) is 13.3. The summed E-state index contributed by atoms with van der Waals surface area (Å²) in [6.07, 6.45) is 0. The van der Waals surface area contributed by atoms with Crippen LogP contribution >= 0.6 is 0 Å². The highest BCUT2D eigenvalue weighted by Crippen LogP contribution is 2.17. The third kappa shape index (κ3) is 2.37. The van der Waals surface area contributed by atoms with E-state index in [9.17, 15) is 13.2 Å². The number of rotatable bonds is 4. The van der Waals surface area contributed by atoms with Gasteiger partial charge < -0.3 is 9.52 Å². The van der Waals surface area contributed by atoms with E-state index in [1.165, 1.54) is 7.05 Å². The van der Waals surface area contributed by atoms with Crippen LogP contribution in [0.1, 0.15) is 16.4 Å². The van der Waals surface area contributed by atoms with Gasteiger partial charge in [0, 0.05) is 0 Å². The number of nitrogens with zero attached hydrogens (tertiary/aromatic N) is 4. The van der Waals surface area contributed by atoms with Gasteiger partial charge in [0.05, 0.1) is 7.05 Å². The minimum absolute atomic E-state index is 0.00535. The van der Waals surface area contributed by atoms with Crippen molar-refractivity contribution >= 4 is 15.8 Å². The van der Waals surface area contributed by atoms with E-state index in [1.807, 2.05) is 0 Å². The van der Waals surface area contributed by atoms with E-state index in [0.29, 0.717) is 0 Å². The normalized spacial score (nSPS) is 11.6. The molecule has 0 aliphatic rings. The minimum atomic E-state index is -3.82. The summed E-state index contributed by atoms with van der Waals surface area (Å²) in [6.45, 7) is 0. The van der Waals surface area contributed by atoms with Gasteiger partial charge >= 0.3 is 5.97 Å². The number of aryl methyl sites for hydroxylation is 1. The molecule has 2 aromatic rings. The van der Waals surface area contributed by atoms with Crippen LogP contribution in [0.15, 0.2) is 21.6 Å². The molecule has 0 amide bonds. The van der Waals surface area contributed by atoms with Gasteiger partial charge in [-0.2, -0.15) is 4.80 Å². The van der Waals surface area contributed by atoms with Gasteiger partial charge in [-0.15, -0.1) is 10.2 Å². The van der Waals surface area contributed by atoms with Crippen molar-refractivity contribution in [2.45, 2.75) is 10.8 Å². The highest BCUT2D eigenvalue weighted by atomic mass is 32.2. The first kappa shape index (κ1) is 12.2. The Morgan fingerprint density at radius 1 is 1.50 bits per heavy atom. The number of furan rings is 1. The molecule has 2 heterocycles. The standard InChI is InChI=1S/C8H8N4O5S/c1-12-10-6(9-11-12)4-18(15,16)7-3-2-5(17-7)8(13)14/h2-3H,4H2,1H3,(H,13,14). The molecule has 0 bridgehead atoms. The molecular formula is C8H8N4O5S. The highest BCUT2D eigenvalue weighted by Gasteiger charge is 2.23. The number of carbonyl (C=O) groups is 1. The van der Waals surface area contributed by atoms with E-state index in [-0.39, 0.29) is 5.82 Å². The topological polar surface area (TPSA) is 128 Å². The zero-order valence-corrected chi connectivity index (χ0v) is 9.96. The molecule has 9 nitrogen and oxygen atoms in total. The van der Waals surface area contributed by atoms with Crippen LogP contribution in [-0.2, 0) is 22.6 Å². The van der Waals surface area contributed by atoms with Crippen LogP contribution in [0, 0.1) is 0 Å². The van der Waals surface area contributed by atoms with Gasteiger partial charge in [-0.1, -0.05) is 0 Å². The van der Waals surface area contributed by atoms with E-state index >= 15 is 0 Å². The van der Waals surface area contributed by atoms with Crippen molar-refractivity contribution in [3.63, 3.8) is 0 Å². The molecule has 0 unspecified atom stereocenters.